The van der Waals surface area contributed by atoms with Crippen molar-refractivity contribution in [3.8, 4) is 5.75 Å². The fourth-order valence-corrected chi connectivity index (χ4v) is 3.97. The first-order valence-electron chi connectivity index (χ1n) is 11.9. The molecule has 0 fully saturated rings. The highest BCUT2D eigenvalue weighted by Gasteiger charge is 2.34. The van der Waals surface area contributed by atoms with E-state index >= 15 is 0 Å². The normalized spacial score (nSPS) is 12.3. The Morgan fingerprint density at radius 3 is 2.50 bits per heavy atom. The summed E-state index contributed by atoms with van der Waals surface area (Å²) in [5.41, 5.74) is 1.59. The van der Waals surface area contributed by atoms with Crippen molar-refractivity contribution in [3.63, 3.8) is 0 Å². The van der Waals surface area contributed by atoms with Gasteiger partial charge in [-0.25, -0.2) is 4.68 Å². The van der Waals surface area contributed by atoms with Gasteiger partial charge in [-0.15, -0.1) is 5.10 Å². The lowest BCUT2D eigenvalue weighted by Gasteiger charge is -2.33. The summed E-state index contributed by atoms with van der Waals surface area (Å²) in [5, 5.41) is 11.3. The van der Waals surface area contributed by atoms with Gasteiger partial charge in [-0.3, -0.25) is 9.59 Å². The van der Waals surface area contributed by atoms with Crippen LogP contribution < -0.4 is 10.1 Å². The number of ether oxygens (including phenoxy) is 1. The number of furan rings is 1. The van der Waals surface area contributed by atoms with E-state index in [4.69, 9.17) is 9.15 Å². The zero-order valence-electron chi connectivity index (χ0n) is 21.0. The SMILES string of the molecule is CCOc1ccc([C@@H](C(=O)NC(C)(C)C)N(Cc2ccco2)C(=O)Cn2nnc3ccccc32)cc1. The highest BCUT2D eigenvalue weighted by Crippen LogP contribution is 2.27. The monoisotopic (exact) mass is 489 g/mol. The van der Waals surface area contributed by atoms with E-state index in [0.29, 0.717) is 29.2 Å². The molecule has 36 heavy (non-hydrogen) atoms. The van der Waals surface area contributed by atoms with Crippen molar-refractivity contribution in [3.05, 3.63) is 78.3 Å². The third-order valence-corrected chi connectivity index (χ3v) is 5.50. The van der Waals surface area contributed by atoms with Gasteiger partial charge < -0.3 is 19.4 Å². The number of amides is 2. The average molecular weight is 490 g/mol. The number of aromatic nitrogens is 3. The number of hydrogen-bond donors (Lipinski definition) is 1. The van der Waals surface area contributed by atoms with E-state index in [1.165, 1.54) is 4.90 Å². The molecule has 1 atom stereocenters. The van der Waals surface area contributed by atoms with Gasteiger partial charge in [-0.05, 0) is 69.7 Å². The summed E-state index contributed by atoms with van der Waals surface area (Å²) in [7, 11) is 0. The first kappa shape index (κ1) is 25.0. The highest BCUT2D eigenvalue weighted by atomic mass is 16.5. The molecule has 2 amide bonds. The summed E-state index contributed by atoms with van der Waals surface area (Å²) in [5.74, 6) is 0.653. The van der Waals surface area contributed by atoms with E-state index < -0.39 is 11.6 Å². The maximum absolute atomic E-state index is 13.8. The van der Waals surface area contributed by atoms with Crippen LogP contribution in [0.5, 0.6) is 5.75 Å². The summed E-state index contributed by atoms with van der Waals surface area (Å²) in [6, 6.07) is 17.3. The van der Waals surface area contributed by atoms with Crippen molar-refractivity contribution in [2.45, 2.75) is 52.4 Å². The van der Waals surface area contributed by atoms with Crippen molar-refractivity contribution in [2.24, 2.45) is 0 Å². The van der Waals surface area contributed by atoms with E-state index in [0.717, 1.165) is 5.52 Å². The van der Waals surface area contributed by atoms with Gasteiger partial charge in [0.25, 0.3) is 0 Å². The number of nitrogens with zero attached hydrogens (tertiary/aromatic N) is 4. The van der Waals surface area contributed by atoms with Crippen LogP contribution in [0.3, 0.4) is 0 Å². The van der Waals surface area contributed by atoms with E-state index in [1.807, 2.05) is 64.1 Å². The first-order chi connectivity index (χ1) is 17.2. The topological polar surface area (TPSA) is 102 Å². The minimum atomic E-state index is -0.910. The summed E-state index contributed by atoms with van der Waals surface area (Å²) in [6.07, 6.45) is 1.55. The van der Waals surface area contributed by atoms with E-state index in [-0.39, 0.29) is 24.9 Å². The molecule has 1 N–H and O–H groups in total. The number of fused-ring (bicyclic) bond motifs is 1. The molecular weight excluding hydrogens is 458 g/mol. The molecule has 4 aromatic rings. The Labute approximate surface area is 210 Å². The lowest BCUT2D eigenvalue weighted by Crippen LogP contribution is -2.49. The molecule has 9 nitrogen and oxygen atoms in total. The molecule has 0 bridgehead atoms. The smallest absolute Gasteiger partial charge is 0.247 e. The zero-order valence-corrected chi connectivity index (χ0v) is 21.0. The Morgan fingerprint density at radius 1 is 1.08 bits per heavy atom. The molecule has 0 aliphatic rings. The second-order valence-electron chi connectivity index (χ2n) is 9.48. The summed E-state index contributed by atoms with van der Waals surface area (Å²) in [4.78, 5) is 29.0. The maximum atomic E-state index is 13.8. The highest BCUT2D eigenvalue weighted by molar-refractivity contribution is 5.89. The predicted octanol–water partition coefficient (Wildman–Crippen LogP) is 4.11. The van der Waals surface area contributed by atoms with Crippen LogP contribution in [0.15, 0.2) is 71.3 Å². The maximum Gasteiger partial charge on any atom is 0.247 e. The second kappa shape index (κ2) is 10.6. The van der Waals surface area contributed by atoms with Crippen molar-refractivity contribution in [1.29, 1.82) is 0 Å². The number of carbonyl (C=O) groups excluding carboxylic acids is 2. The average Bonchev–Trinajstić information content (AvgIpc) is 3.49. The fourth-order valence-electron chi connectivity index (χ4n) is 3.97. The van der Waals surface area contributed by atoms with Gasteiger partial charge in [0.15, 0.2) is 0 Å². The molecular formula is C27H31N5O4. The van der Waals surface area contributed by atoms with Crippen molar-refractivity contribution in [2.75, 3.05) is 6.61 Å². The summed E-state index contributed by atoms with van der Waals surface area (Å²) < 4.78 is 12.7. The Hall–Kier alpha value is -4.14. The summed E-state index contributed by atoms with van der Waals surface area (Å²) >= 11 is 0. The summed E-state index contributed by atoms with van der Waals surface area (Å²) in [6.45, 7) is 8.17. The number of carbonyl (C=O) groups is 2. The fraction of sp³-hybridized carbons (Fsp3) is 0.333. The number of para-hydroxylation sites is 1. The van der Waals surface area contributed by atoms with Gasteiger partial charge in [0.05, 0.1) is 24.9 Å². The molecule has 0 saturated heterocycles. The van der Waals surface area contributed by atoms with Crippen LogP contribution in [0.2, 0.25) is 0 Å². The standard InChI is InChI=1S/C27H31N5O4/c1-5-35-20-14-12-19(13-15-20)25(26(34)28-27(2,3)4)31(17-21-9-8-16-36-21)24(33)18-32-23-11-7-6-10-22(23)29-30-32/h6-16,25H,5,17-18H2,1-4H3,(H,28,34)/t25-/m0/s1. The number of benzene rings is 2. The molecule has 0 aliphatic carbocycles. The Kier molecular flexibility index (Phi) is 7.38. The van der Waals surface area contributed by atoms with Crippen LogP contribution in [0.4, 0.5) is 0 Å². The van der Waals surface area contributed by atoms with E-state index in [9.17, 15) is 9.59 Å². The quantitative estimate of drug-likeness (QED) is 0.380. The van der Waals surface area contributed by atoms with E-state index in [2.05, 4.69) is 15.6 Å². The predicted molar refractivity (Wildman–Crippen MR) is 135 cm³/mol. The van der Waals surface area contributed by atoms with Gasteiger partial charge in [-0.1, -0.05) is 29.5 Å². The first-order valence-corrected chi connectivity index (χ1v) is 11.9. The van der Waals surface area contributed by atoms with E-state index in [1.54, 1.807) is 35.2 Å². The Morgan fingerprint density at radius 2 is 1.83 bits per heavy atom. The van der Waals surface area contributed by atoms with Crippen LogP contribution in [0, 0.1) is 0 Å². The minimum absolute atomic E-state index is 0.0858. The molecule has 2 heterocycles. The molecule has 0 saturated carbocycles. The van der Waals surface area contributed by atoms with Crippen LogP contribution in [0.1, 0.15) is 45.1 Å². The number of nitrogens with one attached hydrogen (secondary N) is 1. The van der Waals surface area contributed by atoms with Crippen molar-refractivity contribution < 1.29 is 18.7 Å². The lowest BCUT2D eigenvalue weighted by atomic mass is 10.0. The molecule has 4 rings (SSSR count). The van der Waals surface area contributed by atoms with Crippen molar-refractivity contribution >= 4 is 22.8 Å². The van der Waals surface area contributed by atoms with Gasteiger partial charge in [0, 0.05) is 5.54 Å². The molecule has 2 aromatic carbocycles. The second-order valence-corrected chi connectivity index (χ2v) is 9.48. The number of rotatable bonds is 9. The third kappa shape index (κ3) is 5.91. The Balaban J connectivity index is 1.73. The van der Waals surface area contributed by atoms with Crippen LogP contribution in [0.25, 0.3) is 11.0 Å². The molecule has 188 valence electrons. The lowest BCUT2D eigenvalue weighted by molar-refractivity contribution is -0.143. The number of hydrogen-bond acceptors (Lipinski definition) is 6. The molecule has 0 radical (unpaired) electrons. The molecule has 0 unspecified atom stereocenters. The van der Waals surface area contributed by atoms with Crippen LogP contribution in [-0.2, 0) is 22.7 Å². The van der Waals surface area contributed by atoms with Crippen molar-refractivity contribution in [1.82, 2.24) is 25.2 Å². The largest absolute Gasteiger partial charge is 0.494 e. The van der Waals surface area contributed by atoms with Crippen LogP contribution in [-0.4, -0.2) is 43.9 Å². The van der Waals surface area contributed by atoms with Gasteiger partial charge in [0.1, 0.15) is 29.6 Å². The van der Waals surface area contributed by atoms with Gasteiger partial charge >= 0.3 is 0 Å². The zero-order chi connectivity index (χ0) is 25.7. The van der Waals surface area contributed by atoms with Crippen LogP contribution >= 0.6 is 0 Å². The molecule has 2 aromatic heterocycles. The Bertz CT molecular complexity index is 1310. The van der Waals surface area contributed by atoms with Gasteiger partial charge in [0.2, 0.25) is 11.8 Å². The van der Waals surface area contributed by atoms with Gasteiger partial charge in [-0.2, -0.15) is 0 Å². The molecule has 0 spiro atoms. The minimum Gasteiger partial charge on any atom is -0.494 e. The third-order valence-electron chi connectivity index (χ3n) is 5.50. The molecule has 9 heteroatoms. The molecule has 0 aliphatic heterocycles.